The number of nitrogens with zero attached hydrogens (tertiary/aromatic N) is 2. The summed E-state index contributed by atoms with van der Waals surface area (Å²) in [4.78, 5) is 4.46. The van der Waals surface area contributed by atoms with Gasteiger partial charge in [0.05, 0.1) is 22.6 Å². The number of rotatable bonds is 3. The number of pyridine rings is 1. The van der Waals surface area contributed by atoms with Crippen molar-refractivity contribution in [1.82, 2.24) is 15.2 Å². The Hall–Kier alpha value is -2.36. The molecular weight excluding hydrogens is 236 g/mol. The Labute approximate surface area is 111 Å². The highest BCUT2D eigenvalue weighted by atomic mass is 15.1. The second kappa shape index (κ2) is 4.72. The smallest absolute Gasteiger partial charge is 0.0825 e. The van der Waals surface area contributed by atoms with Crippen molar-refractivity contribution in [2.24, 2.45) is 0 Å². The summed E-state index contributed by atoms with van der Waals surface area (Å²) in [5.74, 6) is 0. The molecule has 0 aliphatic rings. The lowest BCUT2D eigenvalue weighted by molar-refractivity contribution is 1.02. The predicted molar refractivity (Wildman–Crippen MR) is 77.1 cm³/mol. The van der Waals surface area contributed by atoms with E-state index in [4.69, 9.17) is 0 Å². The lowest BCUT2D eigenvalue weighted by Gasteiger charge is -2.08. The van der Waals surface area contributed by atoms with Crippen LogP contribution in [0.15, 0.2) is 36.5 Å². The van der Waals surface area contributed by atoms with E-state index in [9.17, 15) is 0 Å². The maximum absolute atomic E-state index is 4.46. The lowest BCUT2D eigenvalue weighted by atomic mass is 10.1. The van der Waals surface area contributed by atoms with Crippen molar-refractivity contribution in [3.63, 3.8) is 0 Å². The average molecular weight is 252 g/mol. The SMILES string of the molecule is Cc1n[nH]c(C)c1NCc1cccc2cccnc12. The van der Waals surface area contributed by atoms with E-state index in [1.807, 2.05) is 26.1 Å². The number of fused-ring (bicyclic) bond motifs is 1. The molecule has 3 aromatic rings. The van der Waals surface area contributed by atoms with Crippen molar-refractivity contribution in [2.45, 2.75) is 20.4 Å². The Morgan fingerprint density at radius 3 is 2.79 bits per heavy atom. The second-order valence-corrected chi connectivity index (χ2v) is 4.65. The molecule has 4 heteroatoms. The molecule has 19 heavy (non-hydrogen) atoms. The number of hydrogen-bond acceptors (Lipinski definition) is 3. The molecule has 96 valence electrons. The van der Waals surface area contributed by atoms with Gasteiger partial charge in [-0.3, -0.25) is 10.1 Å². The van der Waals surface area contributed by atoms with Crippen molar-refractivity contribution in [2.75, 3.05) is 5.32 Å². The molecule has 3 rings (SSSR count). The monoisotopic (exact) mass is 252 g/mol. The summed E-state index contributed by atoms with van der Waals surface area (Å²) in [6, 6.07) is 10.3. The highest BCUT2D eigenvalue weighted by Crippen LogP contribution is 2.20. The van der Waals surface area contributed by atoms with Crippen LogP contribution in [0, 0.1) is 13.8 Å². The first-order chi connectivity index (χ1) is 9.25. The van der Waals surface area contributed by atoms with E-state index >= 15 is 0 Å². The van der Waals surface area contributed by atoms with Gasteiger partial charge in [0.15, 0.2) is 0 Å². The predicted octanol–water partition coefficient (Wildman–Crippen LogP) is 3.19. The lowest BCUT2D eigenvalue weighted by Crippen LogP contribution is -2.02. The van der Waals surface area contributed by atoms with E-state index in [1.54, 1.807) is 0 Å². The highest BCUT2D eigenvalue weighted by Gasteiger charge is 2.07. The van der Waals surface area contributed by atoms with Crippen molar-refractivity contribution in [1.29, 1.82) is 0 Å². The van der Waals surface area contributed by atoms with Crippen molar-refractivity contribution in [3.05, 3.63) is 53.5 Å². The minimum Gasteiger partial charge on any atom is -0.378 e. The van der Waals surface area contributed by atoms with Crippen LogP contribution in [0.2, 0.25) is 0 Å². The van der Waals surface area contributed by atoms with Gasteiger partial charge < -0.3 is 5.32 Å². The number of benzene rings is 1. The van der Waals surface area contributed by atoms with Crippen LogP contribution in [0.25, 0.3) is 10.9 Å². The molecule has 0 amide bonds. The third-order valence-electron chi connectivity index (χ3n) is 3.30. The Bertz CT molecular complexity index is 690. The molecule has 0 fully saturated rings. The zero-order valence-corrected chi connectivity index (χ0v) is 11.1. The Balaban J connectivity index is 1.90. The summed E-state index contributed by atoms with van der Waals surface area (Å²) in [6.07, 6.45) is 1.83. The fraction of sp³-hybridized carbons (Fsp3) is 0.200. The molecule has 4 nitrogen and oxygen atoms in total. The van der Waals surface area contributed by atoms with Crippen LogP contribution >= 0.6 is 0 Å². The largest absolute Gasteiger partial charge is 0.378 e. The highest BCUT2D eigenvalue weighted by molar-refractivity contribution is 5.81. The van der Waals surface area contributed by atoms with E-state index < -0.39 is 0 Å². The Kier molecular flexibility index (Phi) is 2.91. The number of nitrogens with one attached hydrogen (secondary N) is 2. The van der Waals surface area contributed by atoms with Crippen molar-refractivity contribution >= 4 is 16.6 Å². The first kappa shape index (κ1) is 11.7. The number of hydrogen-bond donors (Lipinski definition) is 2. The summed E-state index contributed by atoms with van der Waals surface area (Å²) in [7, 11) is 0. The van der Waals surface area contributed by atoms with Crippen LogP contribution in [0.1, 0.15) is 17.0 Å². The van der Waals surface area contributed by atoms with E-state index in [1.165, 1.54) is 10.9 Å². The molecule has 1 aromatic carbocycles. The number of anilines is 1. The molecular formula is C15H16N4. The van der Waals surface area contributed by atoms with E-state index in [-0.39, 0.29) is 0 Å². The molecule has 0 aliphatic heterocycles. The second-order valence-electron chi connectivity index (χ2n) is 4.65. The van der Waals surface area contributed by atoms with Gasteiger partial charge in [0.25, 0.3) is 0 Å². The molecule has 0 spiro atoms. The van der Waals surface area contributed by atoms with Crippen LogP contribution < -0.4 is 5.32 Å². The summed E-state index contributed by atoms with van der Waals surface area (Å²) in [5, 5.41) is 11.8. The summed E-state index contributed by atoms with van der Waals surface area (Å²) < 4.78 is 0. The van der Waals surface area contributed by atoms with Crippen LogP contribution in [-0.4, -0.2) is 15.2 Å². The Morgan fingerprint density at radius 2 is 2.00 bits per heavy atom. The zero-order valence-electron chi connectivity index (χ0n) is 11.1. The van der Waals surface area contributed by atoms with E-state index in [0.717, 1.165) is 29.1 Å². The van der Waals surface area contributed by atoms with Gasteiger partial charge in [0.1, 0.15) is 0 Å². The number of aryl methyl sites for hydroxylation is 2. The quantitative estimate of drug-likeness (QED) is 0.752. The van der Waals surface area contributed by atoms with E-state index in [0.29, 0.717) is 0 Å². The minimum absolute atomic E-state index is 0.746. The first-order valence-electron chi connectivity index (χ1n) is 6.34. The van der Waals surface area contributed by atoms with Crippen LogP contribution in [0.3, 0.4) is 0 Å². The van der Waals surface area contributed by atoms with Gasteiger partial charge >= 0.3 is 0 Å². The fourth-order valence-corrected chi connectivity index (χ4v) is 2.31. The third-order valence-corrected chi connectivity index (χ3v) is 3.30. The van der Waals surface area contributed by atoms with Gasteiger partial charge in [-0.05, 0) is 25.5 Å². The van der Waals surface area contributed by atoms with E-state index in [2.05, 4.69) is 44.8 Å². The first-order valence-corrected chi connectivity index (χ1v) is 6.34. The average Bonchev–Trinajstić information content (AvgIpc) is 2.76. The van der Waals surface area contributed by atoms with Gasteiger partial charge in [-0.25, -0.2) is 0 Å². The number of para-hydroxylation sites is 1. The molecule has 0 saturated carbocycles. The van der Waals surface area contributed by atoms with Crippen LogP contribution in [0.4, 0.5) is 5.69 Å². The maximum atomic E-state index is 4.46. The minimum atomic E-state index is 0.746. The van der Waals surface area contributed by atoms with Crippen LogP contribution in [0.5, 0.6) is 0 Å². The van der Waals surface area contributed by atoms with Gasteiger partial charge in [-0.15, -0.1) is 0 Å². The van der Waals surface area contributed by atoms with Crippen LogP contribution in [-0.2, 0) is 6.54 Å². The standard InChI is InChI=1S/C15H16N4/c1-10-14(11(2)19-18-10)17-9-13-6-3-5-12-7-4-8-16-15(12)13/h3-8,17H,9H2,1-2H3,(H,18,19). The molecule has 0 saturated heterocycles. The molecule has 0 unspecified atom stereocenters. The topological polar surface area (TPSA) is 53.6 Å². The molecule has 0 radical (unpaired) electrons. The molecule has 2 aromatic heterocycles. The summed E-state index contributed by atoms with van der Waals surface area (Å²) in [5.41, 5.74) is 5.37. The molecule has 0 aliphatic carbocycles. The zero-order chi connectivity index (χ0) is 13.2. The van der Waals surface area contributed by atoms with Gasteiger partial charge in [-0.2, -0.15) is 5.10 Å². The fourth-order valence-electron chi connectivity index (χ4n) is 2.31. The third kappa shape index (κ3) is 2.17. The summed E-state index contributed by atoms with van der Waals surface area (Å²) >= 11 is 0. The molecule has 2 heterocycles. The molecule has 2 N–H and O–H groups in total. The molecule has 0 bridgehead atoms. The van der Waals surface area contributed by atoms with Crippen molar-refractivity contribution in [3.8, 4) is 0 Å². The van der Waals surface area contributed by atoms with Gasteiger partial charge in [0.2, 0.25) is 0 Å². The number of H-pyrrole nitrogens is 1. The summed E-state index contributed by atoms with van der Waals surface area (Å²) in [6.45, 7) is 4.76. The molecule has 0 atom stereocenters. The normalized spacial score (nSPS) is 10.8. The van der Waals surface area contributed by atoms with Gasteiger partial charge in [0, 0.05) is 18.1 Å². The maximum Gasteiger partial charge on any atom is 0.0825 e. The number of aromatic amines is 1. The van der Waals surface area contributed by atoms with Gasteiger partial charge in [-0.1, -0.05) is 24.3 Å². The van der Waals surface area contributed by atoms with Crippen molar-refractivity contribution < 1.29 is 0 Å². The number of aromatic nitrogens is 3. The Morgan fingerprint density at radius 1 is 1.16 bits per heavy atom.